The van der Waals surface area contributed by atoms with Crippen molar-refractivity contribution in [1.29, 1.82) is 5.26 Å². The number of thioether (sulfide) groups is 1. The Bertz CT molecular complexity index is 1480. The van der Waals surface area contributed by atoms with Gasteiger partial charge in [-0.3, -0.25) is 0 Å². The number of nitrogen functional groups attached to an aromatic ring is 1. The SMILES string of the molecule is C.[C-]#[N+]c1c(N)nc(SCc2nc(-c3ccccc3C)oc2C)c(C#N)c1-c1ccc(OCCO)cc1. The van der Waals surface area contributed by atoms with Crippen molar-refractivity contribution in [2.45, 2.75) is 32.1 Å². The predicted octanol–water partition coefficient (Wildman–Crippen LogP) is 6.32. The lowest BCUT2D eigenvalue weighted by Crippen LogP contribution is -2.02. The van der Waals surface area contributed by atoms with Crippen molar-refractivity contribution in [2.75, 3.05) is 18.9 Å². The number of pyridine rings is 1. The van der Waals surface area contributed by atoms with E-state index in [9.17, 15) is 5.26 Å². The molecule has 37 heavy (non-hydrogen) atoms. The molecule has 0 amide bonds. The lowest BCUT2D eigenvalue weighted by Gasteiger charge is -2.13. The molecule has 2 aromatic heterocycles. The Morgan fingerprint density at radius 2 is 1.89 bits per heavy atom. The van der Waals surface area contributed by atoms with Crippen LogP contribution in [0.5, 0.6) is 5.75 Å². The second-order valence-electron chi connectivity index (χ2n) is 7.85. The van der Waals surface area contributed by atoms with E-state index in [-0.39, 0.29) is 37.7 Å². The summed E-state index contributed by atoms with van der Waals surface area (Å²) in [5, 5.41) is 19.4. The van der Waals surface area contributed by atoms with Crippen LogP contribution in [-0.4, -0.2) is 28.3 Å². The van der Waals surface area contributed by atoms with E-state index in [4.69, 9.17) is 26.6 Å². The van der Waals surface area contributed by atoms with Gasteiger partial charge in [0.05, 0.1) is 24.4 Å². The summed E-state index contributed by atoms with van der Waals surface area (Å²) in [4.78, 5) is 12.6. The standard InChI is InChI=1S/C27H23N5O3S.CH4/c1-16-6-4-5-7-20(16)26-31-22(17(2)35-26)15-36-27-21(14-28)23(24(30-3)25(29)32-27)18-8-10-19(11-9-18)34-13-12-33;/h4-11,33H,12-13,15H2,1-2H3,(H2,29,32);1H4. The molecule has 0 aliphatic rings. The van der Waals surface area contributed by atoms with Crippen molar-refractivity contribution in [1.82, 2.24) is 9.97 Å². The molecular formula is C28H27N5O3S. The third-order valence-electron chi connectivity index (χ3n) is 5.51. The minimum atomic E-state index is -0.0961. The maximum Gasteiger partial charge on any atom is 0.236 e. The molecule has 4 rings (SSSR count). The molecule has 0 atom stereocenters. The van der Waals surface area contributed by atoms with Crippen LogP contribution >= 0.6 is 11.8 Å². The number of ether oxygens (including phenoxy) is 1. The Morgan fingerprint density at radius 3 is 2.54 bits per heavy atom. The largest absolute Gasteiger partial charge is 0.491 e. The van der Waals surface area contributed by atoms with Crippen LogP contribution in [0.4, 0.5) is 11.5 Å². The zero-order valence-corrected chi connectivity index (χ0v) is 20.6. The van der Waals surface area contributed by atoms with Gasteiger partial charge in [0.2, 0.25) is 11.6 Å². The summed E-state index contributed by atoms with van der Waals surface area (Å²) in [5.74, 6) is 2.26. The highest BCUT2D eigenvalue weighted by atomic mass is 32.2. The van der Waals surface area contributed by atoms with Crippen LogP contribution in [0.15, 0.2) is 58.0 Å². The van der Waals surface area contributed by atoms with Gasteiger partial charge in [-0.15, -0.1) is 0 Å². The number of benzene rings is 2. The average molecular weight is 514 g/mol. The van der Waals surface area contributed by atoms with Gasteiger partial charge in [0.25, 0.3) is 0 Å². The summed E-state index contributed by atoms with van der Waals surface area (Å²) in [7, 11) is 0. The normalized spacial score (nSPS) is 10.3. The number of hydrogen-bond donors (Lipinski definition) is 2. The smallest absolute Gasteiger partial charge is 0.236 e. The van der Waals surface area contributed by atoms with Gasteiger partial charge in [0.1, 0.15) is 35.0 Å². The fraction of sp³-hybridized carbons (Fsp3) is 0.214. The Balaban J connectivity index is 0.00000380. The number of anilines is 1. The summed E-state index contributed by atoms with van der Waals surface area (Å²) in [6, 6.07) is 17.0. The topological polar surface area (TPSA) is 123 Å². The van der Waals surface area contributed by atoms with Gasteiger partial charge in [0.15, 0.2) is 0 Å². The molecule has 0 fully saturated rings. The van der Waals surface area contributed by atoms with Crippen LogP contribution in [-0.2, 0) is 5.75 Å². The number of nitrogens with two attached hydrogens (primary N) is 1. The highest BCUT2D eigenvalue weighted by Gasteiger charge is 2.22. The summed E-state index contributed by atoms with van der Waals surface area (Å²) in [6.07, 6.45) is 0. The molecule has 0 spiro atoms. The van der Waals surface area contributed by atoms with Crippen LogP contribution in [0.25, 0.3) is 27.4 Å². The molecule has 0 saturated carbocycles. The van der Waals surface area contributed by atoms with Crippen molar-refractivity contribution in [3.8, 4) is 34.4 Å². The van der Waals surface area contributed by atoms with Crippen molar-refractivity contribution in [2.24, 2.45) is 0 Å². The van der Waals surface area contributed by atoms with Gasteiger partial charge in [-0.05, 0) is 43.2 Å². The molecule has 0 bridgehead atoms. The molecular weight excluding hydrogens is 486 g/mol. The van der Waals surface area contributed by atoms with Crippen molar-refractivity contribution in [3.05, 3.63) is 82.5 Å². The molecule has 8 nitrogen and oxygen atoms in total. The van der Waals surface area contributed by atoms with Crippen molar-refractivity contribution < 1.29 is 14.3 Å². The summed E-state index contributed by atoms with van der Waals surface area (Å²) in [6.45, 7) is 11.6. The highest BCUT2D eigenvalue weighted by Crippen LogP contribution is 2.42. The van der Waals surface area contributed by atoms with Crippen LogP contribution in [0.1, 0.15) is 30.0 Å². The number of hydrogen-bond acceptors (Lipinski definition) is 8. The van der Waals surface area contributed by atoms with E-state index < -0.39 is 0 Å². The maximum atomic E-state index is 10.0. The second-order valence-corrected chi connectivity index (χ2v) is 8.81. The number of rotatable bonds is 8. The monoisotopic (exact) mass is 513 g/mol. The maximum absolute atomic E-state index is 10.0. The highest BCUT2D eigenvalue weighted by molar-refractivity contribution is 7.98. The first-order chi connectivity index (χ1) is 17.5. The molecule has 188 valence electrons. The molecule has 0 radical (unpaired) electrons. The predicted molar refractivity (Wildman–Crippen MR) is 145 cm³/mol. The van der Waals surface area contributed by atoms with Gasteiger partial charge in [-0.25, -0.2) is 14.8 Å². The quantitative estimate of drug-likeness (QED) is 0.207. The van der Waals surface area contributed by atoms with E-state index in [1.165, 1.54) is 11.8 Å². The molecule has 0 aliphatic heterocycles. The lowest BCUT2D eigenvalue weighted by atomic mass is 10.00. The van der Waals surface area contributed by atoms with Gasteiger partial charge in [0, 0.05) is 16.9 Å². The van der Waals surface area contributed by atoms with Crippen molar-refractivity contribution >= 4 is 23.3 Å². The molecule has 3 N–H and O–H groups in total. The molecule has 4 aromatic rings. The van der Waals surface area contributed by atoms with Crippen LogP contribution < -0.4 is 10.5 Å². The third kappa shape index (κ3) is 5.75. The Morgan fingerprint density at radius 1 is 1.16 bits per heavy atom. The summed E-state index contributed by atoms with van der Waals surface area (Å²) in [5.41, 5.74) is 10.3. The minimum Gasteiger partial charge on any atom is -0.491 e. The number of aryl methyl sites for hydroxylation is 2. The van der Waals surface area contributed by atoms with E-state index in [0.29, 0.717) is 39.3 Å². The fourth-order valence-electron chi connectivity index (χ4n) is 3.68. The number of aliphatic hydroxyl groups excluding tert-OH is 1. The Hall–Kier alpha value is -4.31. The van der Waals surface area contributed by atoms with Crippen LogP contribution in [0.3, 0.4) is 0 Å². The molecule has 9 heteroatoms. The fourth-order valence-corrected chi connectivity index (χ4v) is 4.68. The lowest BCUT2D eigenvalue weighted by molar-refractivity contribution is 0.201. The molecule has 0 saturated heterocycles. The number of aromatic nitrogens is 2. The minimum absolute atomic E-state index is 0. The number of nitrogens with zero attached hydrogens (tertiary/aromatic N) is 4. The summed E-state index contributed by atoms with van der Waals surface area (Å²) >= 11 is 1.32. The average Bonchev–Trinajstić information content (AvgIpc) is 3.26. The van der Waals surface area contributed by atoms with E-state index in [1.807, 2.05) is 38.1 Å². The van der Waals surface area contributed by atoms with E-state index >= 15 is 0 Å². The molecule has 0 aliphatic carbocycles. The third-order valence-corrected chi connectivity index (χ3v) is 6.49. The number of oxazole rings is 1. The number of aliphatic hydroxyl groups is 1. The van der Waals surface area contributed by atoms with Gasteiger partial charge >= 0.3 is 0 Å². The molecule has 2 aromatic carbocycles. The first kappa shape index (κ1) is 27.3. The van der Waals surface area contributed by atoms with E-state index in [1.54, 1.807) is 24.3 Å². The number of nitriles is 1. The van der Waals surface area contributed by atoms with Gasteiger partial charge in [-0.2, -0.15) is 5.26 Å². The Kier molecular flexibility index (Phi) is 8.91. The molecule has 0 unspecified atom stereocenters. The summed E-state index contributed by atoms with van der Waals surface area (Å²) < 4.78 is 11.3. The van der Waals surface area contributed by atoms with Gasteiger partial charge < -0.3 is 20.0 Å². The second kappa shape index (κ2) is 12.1. The van der Waals surface area contributed by atoms with Gasteiger partial charge in [-0.1, -0.05) is 49.5 Å². The Labute approximate surface area is 220 Å². The first-order valence-corrected chi connectivity index (χ1v) is 12.1. The molecule has 2 heterocycles. The van der Waals surface area contributed by atoms with Crippen LogP contribution in [0.2, 0.25) is 0 Å². The van der Waals surface area contributed by atoms with E-state index in [2.05, 4.69) is 20.9 Å². The zero-order valence-electron chi connectivity index (χ0n) is 19.8. The zero-order chi connectivity index (χ0) is 25.7. The van der Waals surface area contributed by atoms with Crippen molar-refractivity contribution in [3.63, 3.8) is 0 Å². The first-order valence-electron chi connectivity index (χ1n) is 11.1. The van der Waals surface area contributed by atoms with Crippen LogP contribution in [0, 0.1) is 31.8 Å². The van der Waals surface area contributed by atoms with E-state index in [0.717, 1.165) is 16.8 Å².